The van der Waals surface area contributed by atoms with Gasteiger partial charge in [-0.15, -0.1) is 5.10 Å². The number of hydrogen-bond acceptors (Lipinski definition) is 3. The first kappa shape index (κ1) is 9.57. The average molecular weight is 210 g/mol. The number of nitrogen functional groups attached to an aromatic ring is 1. The van der Waals surface area contributed by atoms with Gasteiger partial charge in [0.2, 0.25) is 0 Å². The Morgan fingerprint density at radius 1 is 1.33 bits per heavy atom. The van der Waals surface area contributed by atoms with E-state index in [9.17, 15) is 8.78 Å². The number of hydrogen-bond donors (Lipinski definition) is 1. The summed E-state index contributed by atoms with van der Waals surface area (Å²) in [6.45, 7) is 0.0563. The number of anilines is 1. The molecule has 1 heterocycles. The SMILES string of the molecule is Nc1cnn(Cc2cccc(F)c2F)n1. The lowest BCUT2D eigenvalue weighted by molar-refractivity contribution is 0.484. The Morgan fingerprint density at radius 2 is 2.13 bits per heavy atom. The highest BCUT2D eigenvalue weighted by molar-refractivity contribution is 5.21. The minimum absolute atomic E-state index is 0.0563. The monoisotopic (exact) mass is 210 g/mol. The fourth-order valence-electron chi connectivity index (χ4n) is 1.21. The van der Waals surface area contributed by atoms with Gasteiger partial charge in [-0.3, -0.25) is 0 Å². The van der Waals surface area contributed by atoms with Gasteiger partial charge in [0.15, 0.2) is 17.5 Å². The van der Waals surface area contributed by atoms with E-state index in [0.29, 0.717) is 0 Å². The van der Waals surface area contributed by atoms with Crippen LogP contribution in [0.2, 0.25) is 0 Å². The summed E-state index contributed by atoms with van der Waals surface area (Å²) in [5, 5.41) is 7.54. The third-order valence-electron chi connectivity index (χ3n) is 1.90. The van der Waals surface area contributed by atoms with Crippen LogP contribution >= 0.6 is 0 Å². The van der Waals surface area contributed by atoms with Crippen molar-refractivity contribution in [2.45, 2.75) is 6.54 Å². The average Bonchev–Trinajstić information content (AvgIpc) is 2.59. The molecule has 2 N–H and O–H groups in total. The summed E-state index contributed by atoms with van der Waals surface area (Å²) in [6, 6.07) is 3.96. The van der Waals surface area contributed by atoms with Gasteiger partial charge in [0.25, 0.3) is 0 Å². The number of halogens is 2. The third kappa shape index (κ3) is 1.93. The summed E-state index contributed by atoms with van der Waals surface area (Å²) in [4.78, 5) is 1.20. The largest absolute Gasteiger partial charge is 0.381 e. The molecular formula is C9H8F2N4. The Balaban J connectivity index is 2.28. The van der Waals surface area contributed by atoms with Crippen molar-refractivity contribution in [3.63, 3.8) is 0 Å². The van der Waals surface area contributed by atoms with E-state index in [2.05, 4.69) is 10.2 Å². The molecule has 0 aliphatic rings. The van der Waals surface area contributed by atoms with Crippen molar-refractivity contribution in [2.24, 2.45) is 0 Å². The normalized spacial score (nSPS) is 10.5. The molecule has 78 valence electrons. The van der Waals surface area contributed by atoms with Gasteiger partial charge >= 0.3 is 0 Å². The van der Waals surface area contributed by atoms with E-state index in [0.717, 1.165) is 6.07 Å². The lowest BCUT2D eigenvalue weighted by Gasteiger charge is -2.02. The van der Waals surface area contributed by atoms with Crippen molar-refractivity contribution in [2.75, 3.05) is 5.73 Å². The first-order valence-corrected chi connectivity index (χ1v) is 4.25. The molecule has 1 aromatic heterocycles. The predicted molar refractivity (Wildman–Crippen MR) is 49.9 cm³/mol. The van der Waals surface area contributed by atoms with Crippen molar-refractivity contribution in [3.05, 3.63) is 41.6 Å². The number of benzene rings is 1. The number of nitrogens with two attached hydrogens (primary N) is 1. The van der Waals surface area contributed by atoms with Crippen LogP contribution in [-0.4, -0.2) is 15.0 Å². The quantitative estimate of drug-likeness (QED) is 0.809. The van der Waals surface area contributed by atoms with Gasteiger partial charge in [-0.2, -0.15) is 9.90 Å². The Kier molecular flexibility index (Phi) is 2.32. The Bertz CT molecular complexity index is 481. The fraction of sp³-hybridized carbons (Fsp3) is 0.111. The van der Waals surface area contributed by atoms with Gasteiger partial charge in [0.05, 0.1) is 12.7 Å². The second kappa shape index (κ2) is 3.64. The summed E-state index contributed by atoms with van der Waals surface area (Å²) in [5.41, 5.74) is 5.52. The molecule has 4 nitrogen and oxygen atoms in total. The van der Waals surface area contributed by atoms with E-state index in [1.807, 2.05) is 0 Å². The van der Waals surface area contributed by atoms with E-state index in [1.54, 1.807) is 0 Å². The zero-order chi connectivity index (χ0) is 10.8. The minimum Gasteiger partial charge on any atom is -0.381 e. The highest BCUT2D eigenvalue weighted by atomic mass is 19.2. The van der Waals surface area contributed by atoms with E-state index in [4.69, 9.17) is 5.73 Å². The minimum atomic E-state index is -0.882. The van der Waals surface area contributed by atoms with Gasteiger partial charge in [0.1, 0.15) is 0 Å². The molecule has 0 aliphatic carbocycles. The number of aromatic nitrogens is 3. The molecule has 0 spiro atoms. The van der Waals surface area contributed by atoms with Crippen LogP contribution in [0, 0.1) is 11.6 Å². The predicted octanol–water partition coefficient (Wildman–Crippen LogP) is 1.19. The van der Waals surface area contributed by atoms with E-state index < -0.39 is 11.6 Å². The van der Waals surface area contributed by atoms with E-state index >= 15 is 0 Å². The number of nitrogens with zero attached hydrogens (tertiary/aromatic N) is 3. The molecule has 0 amide bonds. The van der Waals surface area contributed by atoms with Crippen LogP contribution in [0.15, 0.2) is 24.4 Å². The molecule has 0 unspecified atom stereocenters. The van der Waals surface area contributed by atoms with E-state index in [1.165, 1.54) is 23.1 Å². The Labute approximate surface area is 84.3 Å². The van der Waals surface area contributed by atoms with Crippen molar-refractivity contribution in [3.8, 4) is 0 Å². The molecule has 0 saturated carbocycles. The van der Waals surface area contributed by atoms with Crippen molar-refractivity contribution in [1.82, 2.24) is 15.0 Å². The van der Waals surface area contributed by atoms with Gasteiger partial charge < -0.3 is 5.73 Å². The van der Waals surface area contributed by atoms with Gasteiger partial charge in [-0.25, -0.2) is 8.78 Å². The zero-order valence-electron chi connectivity index (χ0n) is 7.69. The third-order valence-corrected chi connectivity index (χ3v) is 1.90. The lowest BCUT2D eigenvalue weighted by Crippen LogP contribution is -2.06. The Hall–Kier alpha value is -1.98. The first-order valence-electron chi connectivity index (χ1n) is 4.25. The summed E-state index contributed by atoms with van der Waals surface area (Å²) in [5.74, 6) is -1.52. The summed E-state index contributed by atoms with van der Waals surface area (Å²) in [6.07, 6.45) is 1.34. The van der Waals surface area contributed by atoms with Gasteiger partial charge in [0, 0.05) is 5.56 Å². The molecule has 1 aromatic carbocycles. The standard InChI is InChI=1S/C9H8F2N4/c10-7-3-1-2-6(9(7)11)5-15-13-4-8(12)14-15/h1-4H,5H2,(H2,12,14). The summed E-state index contributed by atoms with van der Waals surface area (Å²) < 4.78 is 26.1. The highest BCUT2D eigenvalue weighted by Gasteiger charge is 2.08. The highest BCUT2D eigenvalue weighted by Crippen LogP contribution is 2.12. The molecule has 2 rings (SSSR count). The van der Waals surface area contributed by atoms with Crippen molar-refractivity contribution in [1.29, 1.82) is 0 Å². The molecule has 0 saturated heterocycles. The van der Waals surface area contributed by atoms with Crippen LogP contribution in [0.5, 0.6) is 0 Å². The van der Waals surface area contributed by atoms with Crippen LogP contribution in [0.1, 0.15) is 5.56 Å². The van der Waals surface area contributed by atoms with E-state index in [-0.39, 0.29) is 17.9 Å². The topological polar surface area (TPSA) is 56.7 Å². The molecular weight excluding hydrogens is 202 g/mol. The maximum atomic E-state index is 13.2. The Morgan fingerprint density at radius 3 is 2.80 bits per heavy atom. The molecule has 0 atom stereocenters. The number of rotatable bonds is 2. The second-order valence-electron chi connectivity index (χ2n) is 3.01. The van der Waals surface area contributed by atoms with Gasteiger partial charge in [-0.1, -0.05) is 12.1 Å². The fourth-order valence-corrected chi connectivity index (χ4v) is 1.21. The molecule has 15 heavy (non-hydrogen) atoms. The first-order chi connectivity index (χ1) is 7.16. The maximum Gasteiger partial charge on any atom is 0.165 e. The summed E-state index contributed by atoms with van der Waals surface area (Å²) >= 11 is 0. The molecule has 2 aromatic rings. The van der Waals surface area contributed by atoms with Crippen LogP contribution < -0.4 is 5.73 Å². The molecule has 0 bridgehead atoms. The van der Waals surface area contributed by atoms with Crippen LogP contribution in [0.25, 0.3) is 0 Å². The maximum absolute atomic E-state index is 13.2. The second-order valence-corrected chi connectivity index (χ2v) is 3.01. The molecule has 0 radical (unpaired) electrons. The van der Waals surface area contributed by atoms with Crippen molar-refractivity contribution >= 4 is 5.82 Å². The molecule has 6 heteroatoms. The zero-order valence-corrected chi connectivity index (χ0v) is 7.69. The summed E-state index contributed by atoms with van der Waals surface area (Å²) in [7, 11) is 0. The van der Waals surface area contributed by atoms with Crippen LogP contribution in [-0.2, 0) is 6.54 Å². The molecule has 0 fully saturated rings. The van der Waals surface area contributed by atoms with Crippen LogP contribution in [0.3, 0.4) is 0 Å². The smallest absolute Gasteiger partial charge is 0.165 e. The van der Waals surface area contributed by atoms with Crippen LogP contribution in [0.4, 0.5) is 14.6 Å². The molecule has 0 aliphatic heterocycles. The van der Waals surface area contributed by atoms with Crippen molar-refractivity contribution < 1.29 is 8.78 Å². The van der Waals surface area contributed by atoms with Gasteiger partial charge in [-0.05, 0) is 6.07 Å². The lowest BCUT2D eigenvalue weighted by atomic mass is 10.2.